The van der Waals surface area contributed by atoms with E-state index in [-0.39, 0.29) is 17.8 Å². The first-order valence-corrected chi connectivity index (χ1v) is 8.43. The van der Waals surface area contributed by atoms with Crippen molar-refractivity contribution in [2.75, 3.05) is 25.0 Å². The monoisotopic (exact) mass is 343 g/mol. The molecule has 0 aliphatic carbocycles. The molecule has 0 unspecified atom stereocenters. The molecule has 1 fully saturated rings. The molecule has 0 aromatic carbocycles. The second-order valence-electron chi connectivity index (χ2n) is 6.73. The molecule has 1 atom stereocenters. The van der Waals surface area contributed by atoms with Crippen LogP contribution in [-0.4, -0.2) is 56.5 Å². The molecular weight excluding hydrogens is 318 g/mol. The van der Waals surface area contributed by atoms with Crippen molar-refractivity contribution in [2.24, 2.45) is 12.8 Å². The van der Waals surface area contributed by atoms with Crippen LogP contribution in [0.15, 0.2) is 12.5 Å². The van der Waals surface area contributed by atoms with Crippen molar-refractivity contribution < 1.29 is 4.79 Å². The van der Waals surface area contributed by atoms with Gasteiger partial charge >= 0.3 is 0 Å². The first-order chi connectivity index (χ1) is 11.9. The van der Waals surface area contributed by atoms with E-state index in [4.69, 9.17) is 5.73 Å². The highest BCUT2D eigenvalue weighted by Gasteiger charge is 2.25. The number of hydrogen-bond acceptors (Lipinski definition) is 6. The van der Waals surface area contributed by atoms with Crippen molar-refractivity contribution in [2.45, 2.75) is 32.9 Å². The number of hydrogen-bond donors (Lipinski definition) is 1. The molecule has 3 rings (SSSR count). The maximum atomic E-state index is 12.8. The summed E-state index contributed by atoms with van der Waals surface area (Å²) in [4.78, 5) is 29.6. The summed E-state index contributed by atoms with van der Waals surface area (Å²) in [5.41, 5.74) is 8.79. The molecule has 2 aromatic rings. The molecular formula is C17H25N7O. The Hall–Kier alpha value is -2.48. The van der Waals surface area contributed by atoms with Gasteiger partial charge in [0.1, 0.15) is 5.82 Å². The highest BCUT2D eigenvalue weighted by atomic mass is 16.2. The fourth-order valence-corrected chi connectivity index (χ4v) is 3.02. The third kappa shape index (κ3) is 3.48. The molecule has 8 nitrogen and oxygen atoms in total. The molecule has 0 radical (unpaired) electrons. The molecule has 2 aromatic heterocycles. The topological polar surface area (TPSA) is 93.2 Å². The van der Waals surface area contributed by atoms with Crippen LogP contribution in [0, 0.1) is 13.8 Å². The van der Waals surface area contributed by atoms with Crippen LogP contribution in [-0.2, 0) is 13.6 Å². The second-order valence-corrected chi connectivity index (χ2v) is 6.73. The van der Waals surface area contributed by atoms with Gasteiger partial charge in [0, 0.05) is 50.7 Å². The molecule has 8 heteroatoms. The molecule has 1 aliphatic heterocycles. The van der Waals surface area contributed by atoms with Gasteiger partial charge in [0.05, 0.1) is 18.6 Å². The zero-order valence-corrected chi connectivity index (χ0v) is 15.2. The lowest BCUT2D eigenvalue weighted by Crippen LogP contribution is -2.31. The fourth-order valence-electron chi connectivity index (χ4n) is 3.02. The van der Waals surface area contributed by atoms with Gasteiger partial charge in [-0.1, -0.05) is 0 Å². The van der Waals surface area contributed by atoms with Gasteiger partial charge in [-0.2, -0.15) is 0 Å². The molecule has 0 spiro atoms. The summed E-state index contributed by atoms with van der Waals surface area (Å²) in [6.45, 7) is 5.97. The Morgan fingerprint density at radius 1 is 1.40 bits per heavy atom. The number of carbonyl (C=O) groups excluding carboxylic acids is 1. The van der Waals surface area contributed by atoms with Crippen LogP contribution in [0.1, 0.15) is 34.0 Å². The predicted molar refractivity (Wildman–Crippen MR) is 95.3 cm³/mol. The van der Waals surface area contributed by atoms with E-state index >= 15 is 0 Å². The number of carbonyl (C=O) groups is 1. The van der Waals surface area contributed by atoms with Gasteiger partial charge in [0.25, 0.3) is 5.91 Å². The van der Waals surface area contributed by atoms with E-state index in [0.717, 1.165) is 42.3 Å². The van der Waals surface area contributed by atoms with Crippen LogP contribution in [0.5, 0.6) is 0 Å². The molecule has 3 heterocycles. The van der Waals surface area contributed by atoms with Gasteiger partial charge in [0.15, 0.2) is 0 Å². The van der Waals surface area contributed by atoms with Crippen LogP contribution >= 0.6 is 0 Å². The van der Waals surface area contributed by atoms with E-state index < -0.39 is 0 Å². The maximum absolute atomic E-state index is 12.8. The van der Waals surface area contributed by atoms with Crippen molar-refractivity contribution in [3.8, 4) is 0 Å². The van der Waals surface area contributed by atoms with Crippen molar-refractivity contribution in [1.82, 2.24) is 24.4 Å². The Balaban J connectivity index is 1.85. The highest BCUT2D eigenvalue weighted by molar-refractivity contribution is 5.90. The van der Waals surface area contributed by atoms with E-state index in [9.17, 15) is 4.79 Å². The van der Waals surface area contributed by atoms with Gasteiger partial charge in [-0.15, -0.1) is 0 Å². The number of rotatable bonds is 4. The van der Waals surface area contributed by atoms with Crippen LogP contribution in [0.4, 0.5) is 5.82 Å². The summed E-state index contributed by atoms with van der Waals surface area (Å²) < 4.78 is 1.89. The van der Waals surface area contributed by atoms with Crippen molar-refractivity contribution >= 4 is 11.7 Å². The van der Waals surface area contributed by atoms with Crippen LogP contribution in [0.3, 0.4) is 0 Å². The summed E-state index contributed by atoms with van der Waals surface area (Å²) in [5.74, 6) is 0.843. The van der Waals surface area contributed by atoms with Crippen molar-refractivity contribution in [3.63, 3.8) is 0 Å². The van der Waals surface area contributed by atoms with Gasteiger partial charge in [-0.05, 0) is 20.3 Å². The van der Waals surface area contributed by atoms with E-state index in [1.807, 2.05) is 25.5 Å². The Labute approximate surface area is 147 Å². The molecule has 1 aliphatic rings. The van der Waals surface area contributed by atoms with E-state index in [1.54, 1.807) is 24.5 Å². The van der Waals surface area contributed by atoms with Gasteiger partial charge in [-0.3, -0.25) is 4.79 Å². The number of imidazole rings is 1. The fraction of sp³-hybridized carbons (Fsp3) is 0.529. The molecule has 2 N–H and O–H groups in total. The summed E-state index contributed by atoms with van der Waals surface area (Å²) in [5, 5.41) is 0. The highest BCUT2D eigenvalue weighted by Crippen LogP contribution is 2.23. The quantitative estimate of drug-likeness (QED) is 0.875. The number of aryl methyl sites for hydroxylation is 2. The lowest BCUT2D eigenvalue weighted by Gasteiger charge is -2.22. The average molecular weight is 343 g/mol. The number of nitrogens with zero attached hydrogens (tertiary/aromatic N) is 6. The zero-order valence-electron chi connectivity index (χ0n) is 15.2. The summed E-state index contributed by atoms with van der Waals surface area (Å²) >= 11 is 0. The van der Waals surface area contributed by atoms with Crippen LogP contribution in [0.25, 0.3) is 0 Å². The summed E-state index contributed by atoms with van der Waals surface area (Å²) in [6, 6.07) is 0.154. The minimum absolute atomic E-state index is 0.154. The van der Waals surface area contributed by atoms with Gasteiger partial charge in [0.2, 0.25) is 5.82 Å². The first kappa shape index (κ1) is 17.3. The Bertz CT molecular complexity index is 785. The standard InChI is InChI=1S/C17H25N7O/c1-11-12(2)20-15(21-16(11)24-6-5-13(18)8-24)17(25)22(3)9-14-7-19-10-23(14)4/h7,10,13H,5-6,8-9,18H2,1-4H3/t13-/m1/s1. The van der Waals surface area contributed by atoms with Crippen molar-refractivity contribution in [1.29, 1.82) is 0 Å². The lowest BCUT2D eigenvalue weighted by molar-refractivity contribution is 0.0770. The molecule has 0 saturated carbocycles. The molecule has 134 valence electrons. The molecule has 0 bridgehead atoms. The number of amides is 1. The Morgan fingerprint density at radius 3 is 2.76 bits per heavy atom. The van der Waals surface area contributed by atoms with E-state index in [1.165, 1.54) is 0 Å². The average Bonchev–Trinajstić information content (AvgIpc) is 3.18. The second kappa shape index (κ2) is 6.79. The largest absolute Gasteiger partial charge is 0.355 e. The summed E-state index contributed by atoms with van der Waals surface area (Å²) in [7, 11) is 3.65. The first-order valence-electron chi connectivity index (χ1n) is 8.43. The lowest BCUT2D eigenvalue weighted by atomic mass is 10.2. The third-order valence-corrected chi connectivity index (χ3v) is 4.74. The van der Waals surface area contributed by atoms with E-state index in [2.05, 4.69) is 19.9 Å². The van der Waals surface area contributed by atoms with Crippen LogP contribution < -0.4 is 10.6 Å². The van der Waals surface area contributed by atoms with E-state index in [0.29, 0.717) is 6.54 Å². The number of anilines is 1. The molecule has 1 saturated heterocycles. The molecule has 25 heavy (non-hydrogen) atoms. The number of nitrogens with two attached hydrogens (primary N) is 1. The number of aromatic nitrogens is 4. The molecule has 1 amide bonds. The Kier molecular flexibility index (Phi) is 4.71. The zero-order chi connectivity index (χ0) is 18.1. The van der Waals surface area contributed by atoms with Crippen molar-refractivity contribution in [3.05, 3.63) is 35.3 Å². The normalized spacial score (nSPS) is 17.2. The SMILES string of the molecule is Cc1nc(C(=O)N(C)Cc2cncn2C)nc(N2CC[C@@H](N)C2)c1C. The Morgan fingerprint density at radius 2 is 2.16 bits per heavy atom. The minimum atomic E-state index is -0.200. The van der Waals surface area contributed by atoms with Crippen LogP contribution in [0.2, 0.25) is 0 Å². The predicted octanol–water partition coefficient (Wildman–Crippen LogP) is 0.637. The minimum Gasteiger partial charge on any atom is -0.355 e. The van der Waals surface area contributed by atoms with Gasteiger partial charge in [-0.25, -0.2) is 15.0 Å². The smallest absolute Gasteiger partial charge is 0.291 e. The summed E-state index contributed by atoms with van der Waals surface area (Å²) in [6.07, 6.45) is 4.41. The third-order valence-electron chi connectivity index (χ3n) is 4.74. The maximum Gasteiger partial charge on any atom is 0.291 e. The van der Waals surface area contributed by atoms with Gasteiger partial charge < -0.3 is 20.1 Å².